The van der Waals surface area contributed by atoms with Crippen LogP contribution < -0.4 is 21.5 Å². The first kappa shape index (κ1) is 24.5. The standard InChI is InChI=1S/C26H32N4O5/c1-25(2,3)15-12-13-8-10-26(4,5)23(22(13)35-15)29-17-16(20(32)21(17)33)28-14-9-11-27-18(19(14)31)24(34)30(6)7/h9,11-12,23,29,31H,8,10H2,1-7H3,(H,27,28). The second kappa shape index (κ2) is 8.25. The number of rotatable bonds is 5. The Morgan fingerprint density at radius 1 is 1.20 bits per heavy atom. The number of hydrogen-bond acceptors (Lipinski definition) is 8. The summed E-state index contributed by atoms with van der Waals surface area (Å²) in [7, 11) is 3.09. The van der Waals surface area contributed by atoms with Gasteiger partial charge < -0.3 is 25.1 Å². The number of fused-ring (bicyclic) bond motifs is 1. The lowest BCUT2D eigenvalue weighted by atomic mass is 9.73. The van der Waals surface area contributed by atoms with E-state index in [0.717, 1.165) is 29.9 Å². The van der Waals surface area contributed by atoms with E-state index >= 15 is 0 Å². The topological polar surface area (TPSA) is 125 Å². The highest BCUT2D eigenvalue weighted by atomic mass is 16.3. The number of carbonyl (C=O) groups is 1. The molecule has 0 saturated heterocycles. The molecule has 2 aromatic heterocycles. The zero-order valence-electron chi connectivity index (χ0n) is 21.2. The third-order valence-electron chi connectivity index (χ3n) is 6.65. The predicted octanol–water partition coefficient (Wildman–Crippen LogP) is 3.84. The van der Waals surface area contributed by atoms with Gasteiger partial charge in [0.15, 0.2) is 11.4 Å². The van der Waals surface area contributed by atoms with Gasteiger partial charge in [0.2, 0.25) is 0 Å². The van der Waals surface area contributed by atoms with Crippen LogP contribution in [0, 0.1) is 5.41 Å². The Labute approximate surface area is 203 Å². The van der Waals surface area contributed by atoms with E-state index in [1.165, 1.54) is 17.2 Å². The van der Waals surface area contributed by atoms with Crippen LogP contribution in [-0.2, 0) is 11.8 Å². The summed E-state index contributed by atoms with van der Waals surface area (Å²) in [6.07, 6.45) is 3.09. The van der Waals surface area contributed by atoms with E-state index in [4.69, 9.17) is 4.42 Å². The van der Waals surface area contributed by atoms with Crippen molar-refractivity contribution in [3.8, 4) is 5.75 Å². The van der Waals surface area contributed by atoms with Crippen LogP contribution in [0.25, 0.3) is 0 Å². The van der Waals surface area contributed by atoms with Crippen molar-refractivity contribution in [1.82, 2.24) is 9.88 Å². The number of furan rings is 1. The molecule has 3 N–H and O–H groups in total. The molecule has 4 rings (SSSR count). The van der Waals surface area contributed by atoms with E-state index < -0.39 is 22.5 Å². The van der Waals surface area contributed by atoms with Crippen molar-refractivity contribution in [3.05, 3.63) is 61.6 Å². The number of amides is 1. The van der Waals surface area contributed by atoms with Gasteiger partial charge in [-0.05, 0) is 36.0 Å². The molecule has 0 bridgehead atoms. The van der Waals surface area contributed by atoms with Crippen molar-refractivity contribution < 1.29 is 14.3 Å². The molecule has 2 heterocycles. The molecule has 0 radical (unpaired) electrons. The number of nitrogens with one attached hydrogen (secondary N) is 2. The SMILES string of the molecule is CN(C)C(=O)c1nccc(Nc2c(NC3c4oc(C(C)(C)C)cc4CCC3(C)C)c(=O)c2=O)c1O. The summed E-state index contributed by atoms with van der Waals surface area (Å²) in [5, 5.41) is 16.7. The Balaban J connectivity index is 1.69. The number of nitrogens with zero attached hydrogens (tertiary/aromatic N) is 2. The molecular weight excluding hydrogens is 448 g/mol. The van der Waals surface area contributed by atoms with E-state index in [1.54, 1.807) is 14.1 Å². The normalized spacial score (nSPS) is 17.2. The number of aromatic nitrogens is 1. The summed E-state index contributed by atoms with van der Waals surface area (Å²) >= 11 is 0. The van der Waals surface area contributed by atoms with Crippen molar-refractivity contribution in [2.45, 2.75) is 58.9 Å². The molecule has 1 aromatic carbocycles. The van der Waals surface area contributed by atoms with Crippen LogP contribution in [0.1, 0.15) is 74.7 Å². The minimum atomic E-state index is -0.701. The third-order valence-corrected chi connectivity index (χ3v) is 6.65. The van der Waals surface area contributed by atoms with Gasteiger partial charge in [0.25, 0.3) is 16.8 Å². The van der Waals surface area contributed by atoms with Crippen molar-refractivity contribution in [2.75, 3.05) is 24.7 Å². The highest BCUT2D eigenvalue weighted by Gasteiger charge is 2.41. The van der Waals surface area contributed by atoms with Crippen LogP contribution in [0.3, 0.4) is 0 Å². The maximum absolute atomic E-state index is 12.6. The predicted molar refractivity (Wildman–Crippen MR) is 134 cm³/mol. The van der Waals surface area contributed by atoms with Crippen LogP contribution in [0.15, 0.2) is 32.3 Å². The van der Waals surface area contributed by atoms with Crippen molar-refractivity contribution in [3.63, 3.8) is 0 Å². The highest BCUT2D eigenvalue weighted by molar-refractivity contribution is 5.97. The van der Waals surface area contributed by atoms with E-state index in [9.17, 15) is 19.5 Å². The first-order valence-corrected chi connectivity index (χ1v) is 11.6. The third kappa shape index (κ3) is 4.19. The first-order chi connectivity index (χ1) is 16.2. The van der Waals surface area contributed by atoms with Crippen molar-refractivity contribution in [2.24, 2.45) is 5.41 Å². The van der Waals surface area contributed by atoms with Crippen LogP contribution in [0.2, 0.25) is 0 Å². The number of anilines is 3. The molecule has 9 heteroatoms. The molecule has 1 aliphatic rings. The zero-order chi connectivity index (χ0) is 25.9. The molecule has 35 heavy (non-hydrogen) atoms. The van der Waals surface area contributed by atoms with E-state index in [2.05, 4.69) is 56.3 Å². The van der Waals surface area contributed by atoms with Gasteiger partial charge in [-0.2, -0.15) is 0 Å². The molecule has 186 valence electrons. The number of carbonyl (C=O) groups excluding carboxylic acids is 1. The summed E-state index contributed by atoms with van der Waals surface area (Å²) in [4.78, 5) is 42.6. The van der Waals surface area contributed by atoms with Crippen LogP contribution in [-0.4, -0.2) is 35.0 Å². The fourth-order valence-electron chi connectivity index (χ4n) is 4.32. The van der Waals surface area contributed by atoms with Gasteiger partial charge >= 0.3 is 0 Å². The Morgan fingerprint density at radius 3 is 2.49 bits per heavy atom. The van der Waals surface area contributed by atoms with Gasteiger partial charge in [-0.25, -0.2) is 4.98 Å². The highest BCUT2D eigenvalue weighted by Crippen LogP contribution is 2.48. The number of aryl methyl sites for hydroxylation is 1. The maximum atomic E-state index is 12.6. The lowest BCUT2D eigenvalue weighted by Gasteiger charge is -2.38. The lowest BCUT2D eigenvalue weighted by Crippen LogP contribution is -2.41. The second-order valence-corrected chi connectivity index (χ2v) is 11.1. The molecule has 1 unspecified atom stereocenters. The minimum Gasteiger partial charge on any atom is -0.504 e. The fourth-order valence-corrected chi connectivity index (χ4v) is 4.32. The molecule has 1 amide bonds. The Morgan fingerprint density at radius 2 is 1.86 bits per heavy atom. The summed E-state index contributed by atoms with van der Waals surface area (Å²) in [5.74, 6) is 0.760. The summed E-state index contributed by atoms with van der Waals surface area (Å²) < 4.78 is 6.30. The molecule has 0 fully saturated rings. The Hall–Kier alpha value is -3.62. The molecule has 0 saturated carbocycles. The quantitative estimate of drug-likeness (QED) is 0.471. The van der Waals surface area contributed by atoms with Gasteiger partial charge in [0.05, 0.1) is 11.7 Å². The molecule has 3 aromatic rings. The zero-order valence-corrected chi connectivity index (χ0v) is 21.2. The van der Waals surface area contributed by atoms with Gasteiger partial charge in [0, 0.05) is 25.7 Å². The monoisotopic (exact) mass is 480 g/mol. The molecular formula is C26H32N4O5. The van der Waals surface area contributed by atoms with Crippen LogP contribution in [0.4, 0.5) is 17.1 Å². The molecule has 9 nitrogen and oxygen atoms in total. The average molecular weight is 481 g/mol. The van der Waals surface area contributed by atoms with E-state index in [1.807, 2.05) is 0 Å². The van der Waals surface area contributed by atoms with E-state index in [-0.39, 0.29) is 39.6 Å². The number of hydrogen-bond donors (Lipinski definition) is 3. The number of pyridine rings is 1. The van der Waals surface area contributed by atoms with Gasteiger partial charge in [0.1, 0.15) is 22.9 Å². The van der Waals surface area contributed by atoms with Gasteiger partial charge in [-0.1, -0.05) is 34.6 Å². The van der Waals surface area contributed by atoms with Crippen LogP contribution in [0.5, 0.6) is 5.75 Å². The Kier molecular flexibility index (Phi) is 5.78. The molecule has 0 aliphatic heterocycles. The van der Waals surface area contributed by atoms with E-state index in [0.29, 0.717) is 0 Å². The summed E-state index contributed by atoms with van der Waals surface area (Å²) in [5.41, 5.74) is -0.546. The second-order valence-electron chi connectivity index (χ2n) is 11.1. The largest absolute Gasteiger partial charge is 0.504 e. The minimum absolute atomic E-state index is 0.0327. The smallest absolute Gasteiger partial charge is 0.275 e. The Bertz CT molecular complexity index is 1370. The fraction of sp³-hybridized carbons (Fsp3) is 0.462. The van der Waals surface area contributed by atoms with Crippen LogP contribution >= 0.6 is 0 Å². The average Bonchev–Trinajstić information content (AvgIpc) is 3.22. The molecule has 1 aliphatic carbocycles. The van der Waals surface area contributed by atoms with Gasteiger partial charge in [-0.3, -0.25) is 14.4 Å². The molecule has 0 spiro atoms. The maximum Gasteiger partial charge on any atom is 0.275 e. The molecule has 1 atom stereocenters. The number of aromatic hydroxyl groups is 1. The van der Waals surface area contributed by atoms with Crippen molar-refractivity contribution >= 4 is 23.0 Å². The summed E-state index contributed by atoms with van der Waals surface area (Å²) in [6, 6.07) is 3.19. The lowest BCUT2D eigenvalue weighted by molar-refractivity contribution is 0.0819. The first-order valence-electron chi connectivity index (χ1n) is 11.6. The van der Waals surface area contributed by atoms with Gasteiger partial charge in [-0.15, -0.1) is 0 Å². The summed E-state index contributed by atoms with van der Waals surface area (Å²) in [6.45, 7) is 10.4. The van der Waals surface area contributed by atoms with Crippen molar-refractivity contribution in [1.29, 1.82) is 0 Å².